The van der Waals surface area contributed by atoms with Gasteiger partial charge < -0.3 is 16.2 Å². The number of nitrogens with zero attached hydrogens (tertiary/aromatic N) is 4. The van der Waals surface area contributed by atoms with E-state index in [0.717, 1.165) is 40.7 Å². The highest BCUT2D eigenvalue weighted by Crippen LogP contribution is 2.31. The molecule has 0 atom stereocenters. The molecule has 0 aliphatic heterocycles. The average molecular weight is 559 g/mol. The topological polar surface area (TPSA) is 136 Å². The molecule has 42 heavy (non-hydrogen) atoms. The summed E-state index contributed by atoms with van der Waals surface area (Å²) < 4.78 is 15.7. The monoisotopic (exact) mass is 558 g/mol. The predicted octanol–water partition coefficient (Wildman–Crippen LogP) is 5.50. The van der Waals surface area contributed by atoms with Gasteiger partial charge in [-0.1, -0.05) is 42.5 Å². The van der Waals surface area contributed by atoms with E-state index in [2.05, 4.69) is 10.3 Å². The molecule has 4 N–H and O–H groups in total. The Hall–Kier alpha value is -5.90. The number of amides is 1. The molecule has 3 heterocycles. The minimum Gasteiger partial charge on any atom is -0.478 e. The Labute approximate surface area is 239 Å². The average Bonchev–Trinajstić information content (AvgIpc) is 3.39. The third kappa shape index (κ3) is 5.16. The lowest BCUT2D eigenvalue weighted by Crippen LogP contribution is -2.23. The van der Waals surface area contributed by atoms with Crippen LogP contribution in [0, 0.1) is 5.82 Å². The molecule has 6 aromatic rings. The van der Waals surface area contributed by atoms with Gasteiger partial charge in [-0.15, -0.1) is 0 Å². The zero-order chi connectivity index (χ0) is 29.2. The van der Waals surface area contributed by atoms with Gasteiger partial charge in [-0.25, -0.2) is 24.1 Å². The maximum Gasteiger partial charge on any atom is 0.335 e. The van der Waals surface area contributed by atoms with Crippen LogP contribution < -0.4 is 11.1 Å². The number of carboxylic acids is 1. The zero-order valence-electron chi connectivity index (χ0n) is 22.0. The third-order valence-electron chi connectivity index (χ3n) is 6.71. The summed E-state index contributed by atoms with van der Waals surface area (Å²) >= 11 is 0. The number of carbonyl (C=O) groups is 2. The number of carboxylic acid groups (broad SMARTS) is 1. The molecule has 0 radical (unpaired) electrons. The lowest BCUT2D eigenvalue weighted by atomic mass is 10.1. The predicted molar refractivity (Wildman–Crippen MR) is 156 cm³/mol. The first-order valence-electron chi connectivity index (χ1n) is 12.9. The van der Waals surface area contributed by atoms with Gasteiger partial charge in [0.1, 0.15) is 17.2 Å². The molecule has 0 bridgehead atoms. The van der Waals surface area contributed by atoms with Gasteiger partial charge >= 0.3 is 5.97 Å². The van der Waals surface area contributed by atoms with Crippen LogP contribution in [0.3, 0.4) is 0 Å². The summed E-state index contributed by atoms with van der Waals surface area (Å²) in [6.45, 7) is 0.140. The molecule has 6 rings (SSSR count). The summed E-state index contributed by atoms with van der Waals surface area (Å²) in [4.78, 5) is 37.9. The normalized spacial score (nSPS) is 11.0. The van der Waals surface area contributed by atoms with E-state index in [1.165, 1.54) is 0 Å². The number of rotatable bonds is 7. The van der Waals surface area contributed by atoms with E-state index in [4.69, 9.17) is 20.8 Å². The molecule has 0 fully saturated rings. The van der Waals surface area contributed by atoms with Crippen molar-refractivity contribution >= 4 is 28.9 Å². The van der Waals surface area contributed by atoms with Crippen LogP contribution in [-0.4, -0.2) is 36.5 Å². The minimum atomic E-state index is -1.32. The summed E-state index contributed by atoms with van der Waals surface area (Å²) in [7, 11) is 0. The van der Waals surface area contributed by atoms with Gasteiger partial charge in [0.2, 0.25) is 0 Å². The van der Waals surface area contributed by atoms with Crippen molar-refractivity contribution in [2.45, 2.75) is 6.54 Å². The van der Waals surface area contributed by atoms with Crippen LogP contribution in [0.2, 0.25) is 0 Å². The molecule has 206 valence electrons. The van der Waals surface area contributed by atoms with Gasteiger partial charge in [0.05, 0.1) is 16.8 Å². The van der Waals surface area contributed by atoms with Gasteiger partial charge in [0, 0.05) is 29.6 Å². The molecule has 0 aliphatic carbocycles. The molecule has 0 saturated carbocycles. The van der Waals surface area contributed by atoms with Crippen LogP contribution in [0.4, 0.5) is 10.2 Å². The number of aromatic carboxylic acids is 1. The molecule has 1 amide bonds. The second-order valence-corrected chi connectivity index (χ2v) is 9.50. The van der Waals surface area contributed by atoms with Crippen molar-refractivity contribution < 1.29 is 19.1 Å². The summed E-state index contributed by atoms with van der Waals surface area (Å²) in [5.41, 5.74) is 11.1. The molecule has 0 unspecified atom stereocenters. The number of imidazole rings is 1. The van der Waals surface area contributed by atoms with E-state index in [1.807, 2.05) is 77.4 Å². The number of hydrogen-bond donors (Lipinski definition) is 3. The molecule has 0 aliphatic rings. The molecule has 3 aromatic carbocycles. The van der Waals surface area contributed by atoms with Crippen LogP contribution in [0.25, 0.3) is 39.5 Å². The standard InChI is InChI=1S/C32H23FN6O3/c33-23-16-21(15-22(17-23)32(41)42)31(40)36-18-19-8-10-24(11-9-19)39-29(25-7-4-14-35-28(25)34)38-27-13-12-26(37-30(27)39)20-5-2-1-3-6-20/h1-17H,18H2,(H2,34,35)(H,36,40)(H,41,42). The van der Waals surface area contributed by atoms with E-state index in [1.54, 1.807) is 12.3 Å². The van der Waals surface area contributed by atoms with E-state index < -0.39 is 17.7 Å². The minimum absolute atomic E-state index is 0.0760. The Morgan fingerprint density at radius 3 is 2.38 bits per heavy atom. The first kappa shape index (κ1) is 26.3. The van der Waals surface area contributed by atoms with Crippen molar-refractivity contribution in [2.75, 3.05) is 5.73 Å². The number of halogens is 1. The number of aromatic nitrogens is 4. The van der Waals surface area contributed by atoms with Crippen molar-refractivity contribution in [3.05, 3.63) is 126 Å². The van der Waals surface area contributed by atoms with Gasteiger partial charge in [-0.3, -0.25) is 9.36 Å². The van der Waals surface area contributed by atoms with Crippen molar-refractivity contribution in [1.82, 2.24) is 24.8 Å². The van der Waals surface area contributed by atoms with Crippen LogP contribution >= 0.6 is 0 Å². The number of benzene rings is 3. The molecule has 9 nitrogen and oxygen atoms in total. The maximum absolute atomic E-state index is 13.8. The number of carbonyl (C=O) groups excluding carboxylic acids is 1. The van der Waals surface area contributed by atoms with Gasteiger partial charge in [0.25, 0.3) is 5.91 Å². The number of nitrogens with one attached hydrogen (secondary N) is 1. The highest BCUT2D eigenvalue weighted by Gasteiger charge is 2.19. The number of anilines is 1. The van der Waals surface area contributed by atoms with Crippen molar-refractivity contribution in [1.29, 1.82) is 0 Å². The van der Waals surface area contributed by atoms with Crippen molar-refractivity contribution in [3.8, 4) is 28.3 Å². The first-order chi connectivity index (χ1) is 20.4. The molecular weight excluding hydrogens is 535 g/mol. The summed E-state index contributed by atoms with van der Waals surface area (Å²) in [5.74, 6) is -1.79. The summed E-state index contributed by atoms with van der Waals surface area (Å²) in [5, 5.41) is 11.9. The number of nitrogen functional groups attached to an aromatic ring is 1. The fourth-order valence-electron chi connectivity index (χ4n) is 4.65. The second kappa shape index (κ2) is 10.9. The highest BCUT2D eigenvalue weighted by atomic mass is 19.1. The largest absolute Gasteiger partial charge is 0.478 e. The molecule has 3 aromatic heterocycles. The van der Waals surface area contributed by atoms with E-state index in [0.29, 0.717) is 28.4 Å². The van der Waals surface area contributed by atoms with Gasteiger partial charge in [0.15, 0.2) is 11.5 Å². The Morgan fingerprint density at radius 2 is 1.64 bits per heavy atom. The molecule has 10 heteroatoms. The van der Waals surface area contributed by atoms with Crippen LogP contribution in [-0.2, 0) is 6.54 Å². The van der Waals surface area contributed by atoms with Gasteiger partial charge in [-0.2, -0.15) is 0 Å². The first-order valence-corrected chi connectivity index (χ1v) is 12.9. The van der Waals surface area contributed by atoms with Crippen molar-refractivity contribution in [2.24, 2.45) is 0 Å². The number of fused-ring (bicyclic) bond motifs is 1. The van der Waals surface area contributed by atoms with E-state index in [-0.39, 0.29) is 17.7 Å². The third-order valence-corrected chi connectivity index (χ3v) is 6.71. The lowest BCUT2D eigenvalue weighted by Gasteiger charge is -2.12. The number of hydrogen-bond acceptors (Lipinski definition) is 6. The SMILES string of the molecule is Nc1ncccc1-c1nc2ccc(-c3ccccc3)nc2n1-c1ccc(CNC(=O)c2cc(F)cc(C(=O)O)c2)cc1. The molecular formula is C32H23FN6O3. The van der Waals surface area contributed by atoms with Crippen molar-refractivity contribution in [3.63, 3.8) is 0 Å². The second-order valence-electron chi connectivity index (χ2n) is 9.50. The smallest absolute Gasteiger partial charge is 0.335 e. The molecule has 0 spiro atoms. The fourth-order valence-corrected chi connectivity index (χ4v) is 4.65. The quantitative estimate of drug-likeness (QED) is 0.235. The fraction of sp³-hybridized carbons (Fsp3) is 0.0312. The summed E-state index contributed by atoms with van der Waals surface area (Å²) in [6.07, 6.45) is 1.62. The number of nitrogens with two attached hydrogens (primary N) is 1. The number of pyridine rings is 2. The van der Waals surface area contributed by atoms with E-state index >= 15 is 0 Å². The Balaban J connectivity index is 1.34. The Bertz CT molecular complexity index is 1960. The summed E-state index contributed by atoms with van der Waals surface area (Å²) in [6, 6.07) is 27.8. The van der Waals surface area contributed by atoms with E-state index in [9.17, 15) is 14.0 Å². The molecule has 0 saturated heterocycles. The highest BCUT2D eigenvalue weighted by molar-refractivity contribution is 5.97. The lowest BCUT2D eigenvalue weighted by molar-refractivity contribution is 0.0696. The van der Waals surface area contributed by atoms with Gasteiger partial charge in [-0.05, 0) is 60.2 Å². The van der Waals surface area contributed by atoms with Crippen LogP contribution in [0.5, 0.6) is 0 Å². The zero-order valence-corrected chi connectivity index (χ0v) is 22.0. The van der Waals surface area contributed by atoms with Crippen LogP contribution in [0.15, 0.2) is 103 Å². The Kier molecular flexibility index (Phi) is 6.85. The maximum atomic E-state index is 13.8. The van der Waals surface area contributed by atoms with Crippen LogP contribution in [0.1, 0.15) is 26.3 Å². The Morgan fingerprint density at radius 1 is 0.881 bits per heavy atom.